The molecule has 0 aliphatic carbocycles. The second kappa shape index (κ2) is 7.10. The monoisotopic (exact) mass is 396 g/mol. The molecule has 1 amide bonds. The molecule has 0 saturated heterocycles. The fraction of sp³-hybridized carbons (Fsp3) is 0.278. The molecule has 148 valence electrons. The zero-order valence-corrected chi connectivity index (χ0v) is 15.1. The molecule has 3 rings (SSSR count). The van der Waals surface area contributed by atoms with Gasteiger partial charge in [0.15, 0.2) is 22.9 Å². The molecule has 2 heterocycles. The van der Waals surface area contributed by atoms with Gasteiger partial charge < -0.3 is 10.1 Å². The van der Waals surface area contributed by atoms with Crippen LogP contribution < -0.4 is 10.1 Å². The Morgan fingerprint density at radius 1 is 1.25 bits per heavy atom. The van der Waals surface area contributed by atoms with E-state index < -0.39 is 29.6 Å². The van der Waals surface area contributed by atoms with Crippen molar-refractivity contribution >= 4 is 11.6 Å². The highest BCUT2D eigenvalue weighted by molar-refractivity contribution is 5.93. The van der Waals surface area contributed by atoms with Gasteiger partial charge in [0.2, 0.25) is 0 Å². The lowest BCUT2D eigenvalue weighted by Crippen LogP contribution is -2.27. The third kappa shape index (κ3) is 3.75. The van der Waals surface area contributed by atoms with E-state index in [1.807, 2.05) is 0 Å². The number of hydrogen-bond donors (Lipinski definition) is 1. The first kappa shape index (κ1) is 19.6. The number of benzene rings is 1. The van der Waals surface area contributed by atoms with Crippen molar-refractivity contribution in [1.29, 1.82) is 0 Å². The number of amides is 1. The summed E-state index contributed by atoms with van der Waals surface area (Å²) in [6, 6.07) is 5.60. The van der Waals surface area contributed by atoms with Crippen LogP contribution in [0.2, 0.25) is 0 Å². The van der Waals surface area contributed by atoms with E-state index in [1.165, 1.54) is 32.2 Å². The first-order valence-corrected chi connectivity index (χ1v) is 8.19. The lowest BCUT2D eigenvalue weighted by Gasteiger charge is -2.14. The fourth-order valence-electron chi connectivity index (χ4n) is 2.72. The summed E-state index contributed by atoms with van der Waals surface area (Å²) in [5.41, 5.74) is -0.751. The summed E-state index contributed by atoms with van der Waals surface area (Å²) < 4.78 is 58.9. The number of fused-ring (bicyclic) bond motifs is 1. The Morgan fingerprint density at radius 3 is 2.57 bits per heavy atom. The van der Waals surface area contributed by atoms with E-state index in [1.54, 1.807) is 13.0 Å². The molecule has 0 radical (unpaired) electrons. The van der Waals surface area contributed by atoms with Crippen LogP contribution in [0.1, 0.15) is 40.4 Å². The Bertz CT molecular complexity index is 1050. The Balaban J connectivity index is 1.88. The Hall–Kier alpha value is -3.17. The molecule has 3 aromatic rings. The van der Waals surface area contributed by atoms with Crippen LogP contribution >= 0.6 is 0 Å². The van der Waals surface area contributed by atoms with Crippen molar-refractivity contribution in [3.8, 4) is 5.75 Å². The molecule has 0 aliphatic rings. The molecule has 6 nitrogen and oxygen atoms in total. The Labute approximate surface area is 157 Å². The third-order valence-electron chi connectivity index (χ3n) is 4.10. The van der Waals surface area contributed by atoms with Crippen molar-refractivity contribution in [3.63, 3.8) is 0 Å². The normalized spacial score (nSPS) is 12.8. The maximum Gasteiger partial charge on any atom is 0.433 e. The molecule has 1 aromatic carbocycles. The molecule has 0 fully saturated rings. The molecule has 1 N–H and O–H groups in total. The van der Waals surface area contributed by atoms with E-state index in [0.717, 1.165) is 6.07 Å². The highest BCUT2D eigenvalue weighted by Crippen LogP contribution is 2.30. The zero-order valence-electron chi connectivity index (χ0n) is 15.1. The Kier molecular flexibility index (Phi) is 4.97. The van der Waals surface area contributed by atoms with Gasteiger partial charge in [-0.05, 0) is 37.6 Å². The molecular formula is C18H16F4N4O2. The van der Waals surface area contributed by atoms with Gasteiger partial charge in [-0.25, -0.2) is 13.9 Å². The van der Waals surface area contributed by atoms with Crippen LogP contribution in [0.15, 0.2) is 30.3 Å². The minimum Gasteiger partial charge on any atom is -0.494 e. The number of hydrogen-bond acceptors (Lipinski definition) is 4. The SMILES string of the molecule is COc1ccc([C@H](C)NC(=O)c2cc3nc(C)cc(C(F)(F)F)n3n2)cc1F. The molecule has 0 saturated carbocycles. The van der Waals surface area contributed by atoms with E-state index in [9.17, 15) is 22.4 Å². The van der Waals surface area contributed by atoms with Gasteiger partial charge in [0.25, 0.3) is 5.91 Å². The third-order valence-corrected chi connectivity index (χ3v) is 4.10. The first-order valence-electron chi connectivity index (χ1n) is 8.19. The van der Waals surface area contributed by atoms with Gasteiger partial charge in [-0.2, -0.15) is 18.3 Å². The number of halogens is 4. The molecule has 28 heavy (non-hydrogen) atoms. The first-order chi connectivity index (χ1) is 13.1. The lowest BCUT2D eigenvalue weighted by molar-refractivity contribution is -0.142. The summed E-state index contributed by atoms with van der Waals surface area (Å²) in [4.78, 5) is 16.4. The van der Waals surface area contributed by atoms with Crippen LogP contribution in [0.5, 0.6) is 5.75 Å². The number of methoxy groups -OCH3 is 1. The van der Waals surface area contributed by atoms with Crippen molar-refractivity contribution in [2.75, 3.05) is 7.11 Å². The summed E-state index contributed by atoms with van der Waals surface area (Å²) in [5, 5.41) is 6.32. The Morgan fingerprint density at radius 2 is 1.96 bits per heavy atom. The summed E-state index contributed by atoms with van der Waals surface area (Å²) >= 11 is 0. The second-order valence-corrected chi connectivity index (χ2v) is 6.17. The number of nitrogens with zero attached hydrogens (tertiary/aromatic N) is 3. The number of alkyl halides is 3. The molecule has 1 atom stereocenters. The molecule has 2 aromatic heterocycles. The van der Waals surface area contributed by atoms with Gasteiger partial charge in [0.05, 0.1) is 13.2 Å². The zero-order chi connectivity index (χ0) is 20.6. The van der Waals surface area contributed by atoms with Crippen LogP contribution in [0, 0.1) is 12.7 Å². The molecule has 0 unspecified atom stereocenters. The topological polar surface area (TPSA) is 68.5 Å². The van der Waals surface area contributed by atoms with E-state index in [4.69, 9.17) is 4.74 Å². The second-order valence-electron chi connectivity index (χ2n) is 6.17. The number of carbonyl (C=O) groups excluding carboxylic acids is 1. The number of aromatic nitrogens is 3. The number of rotatable bonds is 4. The van der Waals surface area contributed by atoms with Gasteiger partial charge in [-0.15, -0.1) is 0 Å². The highest BCUT2D eigenvalue weighted by atomic mass is 19.4. The van der Waals surface area contributed by atoms with Crippen LogP contribution in [0.3, 0.4) is 0 Å². The largest absolute Gasteiger partial charge is 0.494 e. The minimum absolute atomic E-state index is 0.0590. The van der Waals surface area contributed by atoms with Crippen LogP contribution in [0.4, 0.5) is 17.6 Å². The maximum absolute atomic E-state index is 13.8. The van der Waals surface area contributed by atoms with Crippen LogP contribution in [-0.4, -0.2) is 27.6 Å². The van der Waals surface area contributed by atoms with E-state index in [0.29, 0.717) is 10.1 Å². The average Bonchev–Trinajstić information content (AvgIpc) is 3.03. The minimum atomic E-state index is -4.65. The highest BCUT2D eigenvalue weighted by Gasteiger charge is 2.35. The molecule has 10 heteroatoms. The standard InChI is InChI=1S/C18H16F4N4O2/c1-9-6-15(18(20,21)22)26-16(23-9)8-13(25-26)17(27)24-10(2)11-4-5-14(28-3)12(19)7-11/h4-8,10H,1-3H3,(H,24,27)/t10-/m0/s1. The predicted octanol–water partition coefficient (Wildman–Crippen LogP) is 3.70. The van der Waals surface area contributed by atoms with Gasteiger partial charge in [0.1, 0.15) is 5.69 Å². The summed E-state index contributed by atoms with van der Waals surface area (Å²) in [6.45, 7) is 3.03. The molecular weight excluding hydrogens is 380 g/mol. The van der Waals surface area contributed by atoms with E-state index in [2.05, 4.69) is 15.4 Å². The van der Waals surface area contributed by atoms with E-state index >= 15 is 0 Å². The van der Waals surface area contributed by atoms with Crippen molar-refractivity contribution in [3.05, 3.63) is 58.8 Å². The predicted molar refractivity (Wildman–Crippen MR) is 91.6 cm³/mol. The van der Waals surface area contributed by atoms with Crippen molar-refractivity contribution in [2.45, 2.75) is 26.1 Å². The molecule has 0 bridgehead atoms. The molecule has 0 aliphatic heterocycles. The van der Waals surface area contributed by atoms with Crippen molar-refractivity contribution < 1.29 is 27.1 Å². The van der Waals surface area contributed by atoms with Gasteiger partial charge in [-0.1, -0.05) is 6.07 Å². The van der Waals surface area contributed by atoms with Crippen molar-refractivity contribution in [2.24, 2.45) is 0 Å². The number of carbonyl (C=O) groups is 1. The summed E-state index contributed by atoms with van der Waals surface area (Å²) in [7, 11) is 1.33. The number of nitrogens with one attached hydrogen (secondary N) is 1. The molecule has 0 spiro atoms. The quantitative estimate of drug-likeness (QED) is 0.683. The number of aryl methyl sites for hydroxylation is 1. The van der Waals surface area contributed by atoms with Gasteiger partial charge >= 0.3 is 6.18 Å². The number of ether oxygens (including phenoxy) is 1. The summed E-state index contributed by atoms with van der Waals surface area (Å²) in [5.74, 6) is -1.24. The van der Waals surface area contributed by atoms with Crippen LogP contribution in [-0.2, 0) is 6.18 Å². The maximum atomic E-state index is 13.8. The fourth-order valence-corrected chi connectivity index (χ4v) is 2.72. The van der Waals surface area contributed by atoms with E-state index in [-0.39, 0.29) is 22.8 Å². The van der Waals surface area contributed by atoms with Gasteiger partial charge in [0, 0.05) is 11.8 Å². The van der Waals surface area contributed by atoms with Crippen LogP contribution in [0.25, 0.3) is 5.65 Å². The summed E-state index contributed by atoms with van der Waals surface area (Å²) in [6.07, 6.45) is -4.65. The lowest BCUT2D eigenvalue weighted by atomic mass is 10.1. The van der Waals surface area contributed by atoms with Crippen molar-refractivity contribution in [1.82, 2.24) is 19.9 Å². The smallest absolute Gasteiger partial charge is 0.433 e. The van der Waals surface area contributed by atoms with Gasteiger partial charge in [-0.3, -0.25) is 4.79 Å². The average molecular weight is 396 g/mol.